The SMILES string of the molecule is C[C@@H](OC(=O)c1ccc[nH]1)C(=O)Nc1ccc(F)c(F)c1F. The number of carbonyl (C=O) groups is 2. The van der Waals surface area contributed by atoms with E-state index in [0.29, 0.717) is 6.07 Å². The molecule has 116 valence electrons. The Kier molecular flexibility index (Phi) is 4.50. The zero-order valence-corrected chi connectivity index (χ0v) is 11.3. The number of benzene rings is 1. The molecule has 0 aliphatic rings. The fourth-order valence-corrected chi connectivity index (χ4v) is 1.59. The Morgan fingerprint density at radius 1 is 1.18 bits per heavy atom. The molecule has 0 unspecified atom stereocenters. The summed E-state index contributed by atoms with van der Waals surface area (Å²) < 4.78 is 44.1. The second-order valence-electron chi connectivity index (χ2n) is 4.34. The molecule has 1 aromatic heterocycles. The molecule has 1 amide bonds. The molecule has 0 radical (unpaired) electrons. The van der Waals surface area contributed by atoms with Crippen LogP contribution >= 0.6 is 0 Å². The summed E-state index contributed by atoms with van der Waals surface area (Å²) in [4.78, 5) is 26.0. The predicted molar refractivity (Wildman–Crippen MR) is 70.6 cm³/mol. The van der Waals surface area contributed by atoms with E-state index in [0.717, 1.165) is 6.07 Å². The number of anilines is 1. The van der Waals surface area contributed by atoms with Crippen LogP contribution in [0.3, 0.4) is 0 Å². The first-order valence-electron chi connectivity index (χ1n) is 6.19. The van der Waals surface area contributed by atoms with Gasteiger partial charge >= 0.3 is 5.97 Å². The molecule has 1 atom stereocenters. The number of hydrogen-bond acceptors (Lipinski definition) is 3. The molecule has 22 heavy (non-hydrogen) atoms. The quantitative estimate of drug-likeness (QED) is 0.673. The Hall–Kier alpha value is -2.77. The molecule has 2 N–H and O–H groups in total. The monoisotopic (exact) mass is 312 g/mol. The number of esters is 1. The van der Waals surface area contributed by atoms with Crippen molar-refractivity contribution in [2.45, 2.75) is 13.0 Å². The first-order chi connectivity index (χ1) is 10.4. The van der Waals surface area contributed by atoms with Crippen LogP contribution in [-0.2, 0) is 9.53 Å². The average Bonchev–Trinajstić information content (AvgIpc) is 3.02. The molecule has 0 saturated carbocycles. The Balaban J connectivity index is 2.03. The van der Waals surface area contributed by atoms with E-state index in [9.17, 15) is 22.8 Å². The second-order valence-corrected chi connectivity index (χ2v) is 4.34. The maximum atomic E-state index is 13.4. The van der Waals surface area contributed by atoms with E-state index >= 15 is 0 Å². The topological polar surface area (TPSA) is 71.2 Å². The van der Waals surface area contributed by atoms with Gasteiger partial charge in [0.1, 0.15) is 5.69 Å². The van der Waals surface area contributed by atoms with Crippen LogP contribution in [0.15, 0.2) is 30.5 Å². The molecular formula is C14H11F3N2O3. The van der Waals surface area contributed by atoms with Crippen molar-refractivity contribution in [2.75, 3.05) is 5.32 Å². The van der Waals surface area contributed by atoms with E-state index in [2.05, 4.69) is 4.98 Å². The highest BCUT2D eigenvalue weighted by Gasteiger charge is 2.22. The van der Waals surface area contributed by atoms with Gasteiger partial charge in [0, 0.05) is 6.20 Å². The van der Waals surface area contributed by atoms with Gasteiger partial charge in [0.25, 0.3) is 5.91 Å². The van der Waals surface area contributed by atoms with Crippen molar-refractivity contribution in [3.63, 3.8) is 0 Å². The average molecular weight is 312 g/mol. The van der Waals surface area contributed by atoms with Crippen molar-refractivity contribution in [2.24, 2.45) is 0 Å². The van der Waals surface area contributed by atoms with E-state index in [1.165, 1.54) is 19.2 Å². The summed E-state index contributed by atoms with van der Waals surface area (Å²) in [5.74, 6) is -6.27. The summed E-state index contributed by atoms with van der Waals surface area (Å²) in [6.45, 7) is 1.26. The molecule has 0 bridgehead atoms. The zero-order chi connectivity index (χ0) is 16.3. The number of aromatic amines is 1. The van der Waals surface area contributed by atoms with Gasteiger partial charge in [-0.1, -0.05) is 0 Å². The normalized spacial score (nSPS) is 11.8. The Morgan fingerprint density at radius 2 is 1.91 bits per heavy atom. The molecule has 0 saturated heterocycles. The first-order valence-corrected chi connectivity index (χ1v) is 6.19. The summed E-state index contributed by atoms with van der Waals surface area (Å²) in [5, 5.41) is 2.02. The van der Waals surface area contributed by atoms with Crippen LogP contribution in [0.4, 0.5) is 18.9 Å². The van der Waals surface area contributed by atoms with E-state index in [4.69, 9.17) is 4.74 Å². The van der Waals surface area contributed by atoms with Gasteiger partial charge in [-0.2, -0.15) is 0 Å². The van der Waals surface area contributed by atoms with Crippen molar-refractivity contribution in [1.29, 1.82) is 0 Å². The number of aromatic nitrogens is 1. The number of rotatable bonds is 4. The van der Waals surface area contributed by atoms with Crippen LogP contribution in [0.5, 0.6) is 0 Å². The van der Waals surface area contributed by atoms with Crippen LogP contribution in [0.2, 0.25) is 0 Å². The molecule has 2 aromatic rings. The van der Waals surface area contributed by atoms with Gasteiger partial charge in [0.15, 0.2) is 23.6 Å². The largest absolute Gasteiger partial charge is 0.448 e. The van der Waals surface area contributed by atoms with Crippen molar-refractivity contribution >= 4 is 17.6 Å². The van der Waals surface area contributed by atoms with Gasteiger partial charge in [-0.05, 0) is 31.2 Å². The number of carbonyl (C=O) groups excluding carboxylic acids is 2. The predicted octanol–water partition coefficient (Wildman–Crippen LogP) is 2.62. The summed E-state index contributed by atoms with van der Waals surface area (Å²) in [5.41, 5.74) is -0.412. The molecule has 5 nitrogen and oxygen atoms in total. The molecule has 0 aliphatic carbocycles. The molecular weight excluding hydrogens is 301 g/mol. The van der Waals surface area contributed by atoms with Gasteiger partial charge in [0.2, 0.25) is 0 Å². The van der Waals surface area contributed by atoms with Gasteiger partial charge < -0.3 is 15.0 Å². The number of halogens is 3. The third kappa shape index (κ3) is 3.27. The number of H-pyrrole nitrogens is 1. The molecule has 0 fully saturated rings. The Bertz CT molecular complexity index is 702. The van der Waals surface area contributed by atoms with Crippen LogP contribution < -0.4 is 5.32 Å². The first kappa shape index (κ1) is 15.6. The highest BCUT2D eigenvalue weighted by atomic mass is 19.2. The van der Waals surface area contributed by atoms with E-state index < -0.39 is 41.1 Å². The molecule has 0 aliphatic heterocycles. The lowest BCUT2D eigenvalue weighted by Gasteiger charge is -2.13. The summed E-state index contributed by atoms with van der Waals surface area (Å²) in [7, 11) is 0. The van der Waals surface area contributed by atoms with E-state index in [1.807, 2.05) is 5.32 Å². The minimum Gasteiger partial charge on any atom is -0.448 e. The third-order valence-corrected chi connectivity index (χ3v) is 2.76. The van der Waals surface area contributed by atoms with E-state index in [-0.39, 0.29) is 5.69 Å². The number of ether oxygens (including phenoxy) is 1. The Labute approximate surface area is 123 Å². The van der Waals surface area contributed by atoms with Crippen molar-refractivity contribution in [1.82, 2.24) is 4.98 Å². The van der Waals surface area contributed by atoms with Crippen LogP contribution in [0.1, 0.15) is 17.4 Å². The lowest BCUT2D eigenvalue weighted by atomic mass is 10.2. The van der Waals surface area contributed by atoms with Crippen molar-refractivity contribution in [3.05, 3.63) is 53.6 Å². The fraction of sp³-hybridized carbons (Fsp3) is 0.143. The van der Waals surface area contributed by atoms with E-state index in [1.54, 1.807) is 6.07 Å². The van der Waals surface area contributed by atoms with Gasteiger partial charge in [-0.15, -0.1) is 0 Å². The van der Waals surface area contributed by atoms with Crippen LogP contribution in [-0.4, -0.2) is 23.0 Å². The van der Waals surface area contributed by atoms with Crippen molar-refractivity contribution < 1.29 is 27.5 Å². The lowest BCUT2D eigenvalue weighted by molar-refractivity contribution is -0.123. The fourth-order valence-electron chi connectivity index (χ4n) is 1.59. The Morgan fingerprint density at radius 3 is 2.55 bits per heavy atom. The highest BCUT2D eigenvalue weighted by molar-refractivity contribution is 5.96. The smallest absolute Gasteiger partial charge is 0.355 e. The summed E-state index contributed by atoms with van der Waals surface area (Å²) in [6.07, 6.45) is 0.237. The maximum Gasteiger partial charge on any atom is 0.355 e. The molecule has 1 heterocycles. The van der Waals surface area contributed by atoms with Crippen LogP contribution in [0.25, 0.3) is 0 Å². The number of nitrogens with one attached hydrogen (secondary N) is 2. The molecule has 1 aromatic carbocycles. The molecule has 8 heteroatoms. The second kappa shape index (κ2) is 6.33. The maximum absolute atomic E-state index is 13.4. The highest BCUT2D eigenvalue weighted by Crippen LogP contribution is 2.20. The standard InChI is InChI=1S/C14H11F3N2O3/c1-7(22-14(21)10-3-2-6-18-10)13(20)19-9-5-4-8(15)11(16)12(9)17/h2-7,18H,1H3,(H,19,20)/t7-/m1/s1. The minimum atomic E-state index is -1.70. The summed E-state index contributed by atoms with van der Waals surface area (Å²) >= 11 is 0. The van der Waals surface area contributed by atoms with Crippen molar-refractivity contribution in [3.8, 4) is 0 Å². The number of hydrogen-bond donors (Lipinski definition) is 2. The minimum absolute atomic E-state index is 0.138. The number of amides is 1. The van der Waals surface area contributed by atoms with Gasteiger partial charge in [-0.25, -0.2) is 18.0 Å². The van der Waals surface area contributed by atoms with Gasteiger partial charge in [-0.3, -0.25) is 4.79 Å². The lowest BCUT2D eigenvalue weighted by Crippen LogP contribution is -2.30. The molecule has 0 spiro atoms. The zero-order valence-electron chi connectivity index (χ0n) is 11.3. The molecule has 2 rings (SSSR count). The third-order valence-electron chi connectivity index (χ3n) is 2.76. The van der Waals surface area contributed by atoms with Crippen LogP contribution in [0, 0.1) is 17.5 Å². The van der Waals surface area contributed by atoms with Gasteiger partial charge in [0.05, 0.1) is 5.69 Å². The summed E-state index contributed by atoms with van der Waals surface area (Å²) in [6, 6.07) is 4.55.